The van der Waals surface area contributed by atoms with Gasteiger partial charge in [0.05, 0.1) is 12.7 Å². The maximum absolute atomic E-state index is 13.5. The Balaban J connectivity index is 1.72. The monoisotopic (exact) mass is 355 g/mol. The summed E-state index contributed by atoms with van der Waals surface area (Å²) in [6.07, 6.45) is 1.61. The molecule has 7 heteroatoms. The summed E-state index contributed by atoms with van der Waals surface area (Å²) in [6, 6.07) is 6.93. The van der Waals surface area contributed by atoms with E-state index in [1.165, 1.54) is 6.07 Å². The number of fused-ring (bicyclic) bond motifs is 2. The quantitative estimate of drug-likeness (QED) is 0.725. The van der Waals surface area contributed by atoms with Crippen molar-refractivity contribution in [2.75, 3.05) is 0 Å². The van der Waals surface area contributed by atoms with Gasteiger partial charge in [-0.3, -0.25) is 14.3 Å². The highest BCUT2D eigenvalue weighted by Gasteiger charge is 2.27. The molecular weight excluding hydrogens is 333 g/mol. The molecule has 0 N–H and O–H groups in total. The summed E-state index contributed by atoms with van der Waals surface area (Å²) in [6.45, 7) is 7.85. The van der Waals surface area contributed by atoms with E-state index in [9.17, 15) is 9.18 Å². The van der Waals surface area contributed by atoms with Crippen LogP contribution in [0.1, 0.15) is 38.2 Å². The van der Waals surface area contributed by atoms with E-state index in [2.05, 4.69) is 16.9 Å². The van der Waals surface area contributed by atoms with Crippen LogP contribution in [0.2, 0.25) is 0 Å². The molecule has 1 aliphatic heterocycles. The first-order chi connectivity index (χ1) is 12.4. The Labute approximate surface area is 150 Å². The molecular formula is C19H22FN5O. The van der Waals surface area contributed by atoms with Crippen LogP contribution < -0.4 is 5.56 Å². The molecule has 0 aliphatic carbocycles. The Morgan fingerprint density at radius 2 is 2.15 bits per heavy atom. The fourth-order valence-electron chi connectivity index (χ4n) is 3.55. The number of halogens is 1. The second kappa shape index (κ2) is 6.32. The van der Waals surface area contributed by atoms with Gasteiger partial charge in [0, 0.05) is 25.2 Å². The molecule has 0 saturated carbocycles. The normalized spacial score (nSPS) is 17.8. The lowest BCUT2D eigenvalue weighted by molar-refractivity contribution is 0.137. The smallest absolute Gasteiger partial charge is 0.264 e. The largest absolute Gasteiger partial charge is 0.293 e. The molecule has 1 unspecified atom stereocenters. The molecule has 0 bridgehead atoms. The summed E-state index contributed by atoms with van der Waals surface area (Å²) in [4.78, 5) is 19.8. The van der Waals surface area contributed by atoms with Crippen LogP contribution in [0, 0.1) is 5.82 Å². The van der Waals surface area contributed by atoms with Crippen LogP contribution in [0.15, 0.2) is 35.3 Å². The molecule has 0 spiro atoms. The van der Waals surface area contributed by atoms with Gasteiger partial charge in [0.15, 0.2) is 5.65 Å². The molecule has 1 atom stereocenters. The molecule has 136 valence electrons. The molecule has 0 amide bonds. The van der Waals surface area contributed by atoms with Crippen molar-refractivity contribution in [3.63, 3.8) is 0 Å². The van der Waals surface area contributed by atoms with Gasteiger partial charge in [-0.15, -0.1) is 0 Å². The topological polar surface area (TPSA) is 56.0 Å². The van der Waals surface area contributed by atoms with Gasteiger partial charge in [-0.05, 0) is 38.5 Å². The fourth-order valence-corrected chi connectivity index (χ4v) is 3.55. The third-order valence-electron chi connectivity index (χ3n) is 4.97. The van der Waals surface area contributed by atoms with Crippen LogP contribution in [-0.4, -0.2) is 30.3 Å². The van der Waals surface area contributed by atoms with E-state index in [0.717, 1.165) is 11.4 Å². The minimum atomic E-state index is -0.232. The third-order valence-corrected chi connectivity index (χ3v) is 4.97. The first-order valence-corrected chi connectivity index (χ1v) is 8.89. The van der Waals surface area contributed by atoms with Gasteiger partial charge < -0.3 is 0 Å². The van der Waals surface area contributed by atoms with E-state index < -0.39 is 0 Å². The minimum Gasteiger partial charge on any atom is -0.293 e. The lowest BCUT2D eigenvalue weighted by Gasteiger charge is -2.35. The molecule has 3 heterocycles. The van der Waals surface area contributed by atoms with Crippen molar-refractivity contribution in [1.29, 1.82) is 0 Å². The molecule has 3 aromatic rings. The Morgan fingerprint density at radius 1 is 1.35 bits per heavy atom. The van der Waals surface area contributed by atoms with Crippen molar-refractivity contribution in [3.05, 3.63) is 58.0 Å². The van der Waals surface area contributed by atoms with Crippen molar-refractivity contribution >= 4 is 11.0 Å². The van der Waals surface area contributed by atoms with Crippen LogP contribution in [-0.2, 0) is 19.6 Å². The van der Waals surface area contributed by atoms with E-state index in [-0.39, 0.29) is 23.5 Å². The molecule has 0 radical (unpaired) electrons. The van der Waals surface area contributed by atoms with Crippen LogP contribution in [0.4, 0.5) is 4.39 Å². The minimum absolute atomic E-state index is 0.0332. The highest BCUT2D eigenvalue weighted by atomic mass is 19.1. The van der Waals surface area contributed by atoms with Crippen molar-refractivity contribution in [2.45, 2.75) is 52.5 Å². The third kappa shape index (κ3) is 2.82. The van der Waals surface area contributed by atoms with Crippen molar-refractivity contribution < 1.29 is 4.39 Å². The Bertz CT molecular complexity index is 1020. The lowest BCUT2D eigenvalue weighted by Crippen LogP contribution is -2.45. The molecule has 6 nitrogen and oxygen atoms in total. The van der Waals surface area contributed by atoms with Gasteiger partial charge >= 0.3 is 0 Å². The molecule has 2 aromatic heterocycles. The number of rotatable bonds is 3. The number of aromatic nitrogens is 4. The second-order valence-corrected chi connectivity index (χ2v) is 7.25. The zero-order valence-corrected chi connectivity index (χ0v) is 15.2. The van der Waals surface area contributed by atoms with E-state index in [1.807, 2.05) is 19.9 Å². The molecule has 1 aliphatic rings. The van der Waals surface area contributed by atoms with E-state index in [0.29, 0.717) is 30.7 Å². The van der Waals surface area contributed by atoms with Gasteiger partial charge in [-0.1, -0.05) is 12.1 Å². The zero-order valence-electron chi connectivity index (χ0n) is 15.2. The summed E-state index contributed by atoms with van der Waals surface area (Å²) in [5.41, 5.74) is 1.52. The van der Waals surface area contributed by atoms with E-state index in [4.69, 9.17) is 4.98 Å². The lowest BCUT2D eigenvalue weighted by atomic mass is 10.1. The van der Waals surface area contributed by atoms with E-state index >= 15 is 0 Å². The SMILES string of the molecule is CC1Cn2c(nc3c(cnn3C(C)C)c2=O)CN1Cc1cccc(F)c1. The summed E-state index contributed by atoms with van der Waals surface area (Å²) in [5, 5.41) is 4.89. The summed E-state index contributed by atoms with van der Waals surface area (Å²) >= 11 is 0. The summed E-state index contributed by atoms with van der Waals surface area (Å²) < 4.78 is 17.0. The molecule has 0 saturated heterocycles. The standard InChI is InChI=1S/C19H22FN5O/c1-12(2)25-18-16(8-21-25)19(26)24-9-13(3)23(11-17(24)22-18)10-14-5-4-6-15(20)7-14/h4-8,12-13H,9-11H2,1-3H3. The van der Waals surface area contributed by atoms with Gasteiger partial charge in [-0.2, -0.15) is 5.10 Å². The number of hydrogen-bond acceptors (Lipinski definition) is 4. The average molecular weight is 355 g/mol. The first-order valence-electron chi connectivity index (χ1n) is 8.89. The summed E-state index contributed by atoms with van der Waals surface area (Å²) in [5.74, 6) is 0.504. The zero-order chi connectivity index (χ0) is 18.4. The Hall–Kier alpha value is -2.54. The molecule has 1 aromatic carbocycles. The van der Waals surface area contributed by atoms with Crippen LogP contribution >= 0.6 is 0 Å². The van der Waals surface area contributed by atoms with Gasteiger partial charge in [0.2, 0.25) is 0 Å². The average Bonchev–Trinajstić information content (AvgIpc) is 3.01. The predicted molar refractivity (Wildman–Crippen MR) is 97.3 cm³/mol. The Kier molecular flexibility index (Phi) is 4.11. The maximum Gasteiger partial charge on any atom is 0.264 e. The molecule has 26 heavy (non-hydrogen) atoms. The Morgan fingerprint density at radius 3 is 2.88 bits per heavy atom. The second-order valence-electron chi connectivity index (χ2n) is 7.25. The van der Waals surface area contributed by atoms with E-state index in [1.54, 1.807) is 27.6 Å². The van der Waals surface area contributed by atoms with Crippen molar-refractivity contribution in [1.82, 2.24) is 24.2 Å². The molecule has 4 rings (SSSR count). The van der Waals surface area contributed by atoms with Crippen LogP contribution in [0.25, 0.3) is 11.0 Å². The first kappa shape index (κ1) is 16.9. The van der Waals surface area contributed by atoms with Crippen LogP contribution in [0.5, 0.6) is 0 Å². The number of benzene rings is 1. The van der Waals surface area contributed by atoms with Crippen LogP contribution in [0.3, 0.4) is 0 Å². The maximum atomic E-state index is 13.5. The summed E-state index contributed by atoms with van der Waals surface area (Å²) in [7, 11) is 0. The van der Waals surface area contributed by atoms with Gasteiger partial charge in [0.1, 0.15) is 17.0 Å². The highest BCUT2D eigenvalue weighted by Crippen LogP contribution is 2.21. The van der Waals surface area contributed by atoms with Crippen molar-refractivity contribution in [3.8, 4) is 0 Å². The van der Waals surface area contributed by atoms with Gasteiger partial charge in [-0.25, -0.2) is 14.1 Å². The number of hydrogen-bond donors (Lipinski definition) is 0. The van der Waals surface area contributed by atoms with Crippen molar-refractivity contribution in [2.24, 2.45) is 0 Å². The highest BCUT2D eigenvalue weighted by molar-refractivity contribution is 5.73. The predicted octanol–water partition coefficient (Wildman–Crippen LogP) is 2.72. The number of nitrogens with zero attached hydrogens (tertiary/aromatic N) is 5. The molecule has 0 fully saturated rings. The van der Waals surface area contributed by atoms with Gasteiger partial charge in [0.25, 0.3) is 5.56 Å². The fraction of sp³-hybridized carbons (Fsp3) is 0.421.